The van der Waals surface area contributed by atoms with E-state index in [0.29, 0.717) is 13.1 Å². The van der Waals surface area contributed by atoms with Crippen LogP contribution in [0.15, 0.2) is 0 Å². The van der Waals surface area contributed by atoms with Crippen LogP contribution in [0, 0.1) is 0 Å². The van der Waals surface area contributed by atoms with E-state index in [0.717, 1.165) is 39.0 Å². The molecule has 1 heterocycles. The van der Waals surface area contributed by atoms with Crippen molar-refractivity contribution in [3.8, 4) is 0 Å². The number of halogens is 2. The predicted octanol–water partition coefficient (Wildman–Crippen LogP) is 0.421. The van der Waals surface area contributed by atoms with Gasteiger partial charge in [-0.1, -0.05) is 0 Å². The van der Waals surface area contributed by atoms with Gasteiger partial charge in [0.1, 0.15) is 6.10 Å². The number of nitrogens with two attached hydrogens (primary N) is 1. The Kier molecular flexibility index (Phi) is 14.9. The number of methoxy groups -OCH3 is 1. The summed E-state index contributed by atoms with van der Waals surface area (Å²) < 4.78 is 10.5. The van der Waals surface area contributed by atoms with Crippen LogP contribution in [-0.4, -0.2) is 70.0 Å². The fraction of sp³-hybridized carbons (Fsp3) is 0.923. The molecule has 1 rings (SSSR count). The number of hydrogen-bond donors (Lipinski definition) is 2. The second-order valence-corrected chi connectivity index (χ2v) is 5.00. The molecular weight excluding hydrogens is 317 g/mol. The van der Waals surface area contributed by atoms with E-state index < -0.39 is 0 Å². The van der Waals surface area contributed by atoms with E-state index in [1.54, 1.807) is 7.11 Å². The molecule has 1 aliphatic rings. The van der Waals surface area contributed by atoms with Crippen molar-refractivity contribution in [2.24, 2.45) is 5.73 Å². The van der Waals surface area contributed by atoms with Gasteiger partial charge in [0.05, 0.1) is 6.10 Å². The third-order valence-corrected chi connectivity index (χ3v) is 3.34. The van der Waals surface area contributed by atoms with Crippen LogP contribution in [0.5, 0.6) is 0 Å². The summed E-state index contributed by atoms with van der Waals surface area (Å²) in [4.78, 5) is 14.0. The highest BCUT2D eigenvalue weighted by atomic mass is 35.5. The van der Waals surface area contributed by atoms with Gasteiger partial charge in [0, 0.05) is 39.9 Å². The normalized spacial score (nSPS) is 20.8. The van der Waals surface area contributed by atoms with Crippen LogP contribution < -0.4 is 11.1 Å². The molecule has 0 aliphatic carbocycles. The number of nitrogens with zero attached hydrogens (tertiary/aromatic N) is 1. The van der Waals surface area contributed by atoms with E-state index >= 15 is 0 Å². The Bertz CT molecular complexity index is 273. The molecule has 1 fully saturated rings. The van der Waals surface area contributed by atoms with Crippen LogP contribution in [0.3, 0.4) is 0 Å². The van der Waals surface area contributed by atoms with E-state index in [9.17, 15) is 4.79 Å². The lowest BCUT2D eigenvalue weighted by molar-refractivity contribution is -0.131. The van der Waals surface area contributed by atoms with Crippen molar-refractivity contribution in [1.82, 2.24) is 10.2 Å². The molecule has 128 valence electrons. The maximum absolute atomic E-state index is 11.8. The van der Waals surface area contributed by atoms with E-state index in [-0.39, 0.29) is 42.9 Å². The Morgan fingerprint density at radius 3 is 2.67 bits per heavy atom. The predicted molar refractivity (Wildman–Crippen MR) is 88.4 cm³/mol. The summed E-state index contributed by atoms with van der Waals surface area (Å²) in [7, 11) is 3.74. The standard InChI is InChI=1S/C13H27N3O3.2ClH/c1-16(7-3-9-18-2)8-6-15-13(17)12-5-4-11(10-14)19-12;;/h11-12H,3-10,14H2,1-2H3,(H,15,17);2*1H/t11-,12+;;/m1../s1. The molecule has 1 aliphatic heterocycles. The Morgan fingerprint density at radius 2 is 2.10 bits per heavy atom. The summed E-state index contributed by atoms with van der Waals surface area (Å²) in [5.41, 5.74) is 5.52. The molecule has 0 spiro atoms. The molecule has 0 aromatic carbocycles. The van der Waals surface area contributed by atoms with Gasteiger partial charge in [-0.15, -0.1) is 24.8 Å². The van der Waals surface area contributed by atoms with Crippen molar-refractivity contribution in [2.45, 2.75) is 31.5 Å². The summed E-state index contributed by atoms with van der Waals surface area (Å²) in [5, 5.41) is 2.91. The van der Waals surface area contributed by atoms with Crippen LogP contribution in [0.25, 0.3) is 0 Å². The fourth-order valence-corrected chi connectivity index (χ4v) is 2.15. The van der Waals surface area contributed by atoms with Crippen molar-refractivity contribution >= 4 is 30.7 Å². The first-order valence-electron chi connectivity index (χ1n) is 6.98. The summed E-state index contributed by atoms with van der Waals surface area (Å²) in [6, 6.07) is 0. The molecule has 21 heavy (non-hydrogen) atoms. The van der Waals surface area contributed by atoms with Gasteiger partial charge in [-0.3, -0.25) is 4.79 Å². The van der Waals surface area contributed by atoms with Gasteiger partial charge in [-0.05, 0) is 26.3 Å². The van der Waals surface area contributed by atoms with Crippen LogP contribution in [-0.2, 0) is 14.3 Å². The van der Waals surface area contributed by atoms with Crippen LogP contribution in [0.1, 0.15) is 19.3 Å². The van der Waals surface area contributed by atoms with Crippen LogP contribution in [0.2, 0.25) is 0 Å². The van der Waals surface area contributed by atoms with Crippen molar-refractivity contribution in [1.29, 1.82) is 0 Å². The molecule has 3 N–H and O–H groups in total. The highest BCUT2D eigenvalue weighted by molar-refractivity contribution is 5.85. The zero-order valence-electron chi connectivity index (χ0n) is 12.9. The minimum absolute atomic E-state index is 0. The summed E-state index contributed by atoms with van der Waals surface area (Å²) in [5.74, 6) is -0.0127. The smallest absolute Gasteiger partial charge is 0.249 e. The third kappa shape index (κ3) is 9.50. The average molecular weight is 346 g/mol. The Labute approximate surface area is 139 Å². The lowest BCUT2D eigenvalue weighted by Gasteiger charge is -2.18. The SMILES string of the molecule is COCCCN(C)CCNC(=O)[C@@H]1CC[C@H](CN)O1.Cl.Cl. The molecular formula is C13H29Cl2N3O3. The van der Waals surface area contributed by atoms with Gasteiger partial charge in [0.2, 0.25) is 5.91 Å². The highest BCUT2D eigenvalue weighted by Crippen LogP contribution is 2.18. The van der Waals surface area contributed by atoms with Crippen molar-refractivity contribution in [2.75, 3.05) is 46.9 Å². The number of ether oxygens (including phenoxy) is 2. The van der Waals surface area contributed by atoms with Crippen molar-refractivity contribution in [3.63, 3.8) is 0 Å². The summed E-state index contributed by atoms with van der Waals surface area (Å²) >= 11 is 0. The largest absolute Gasteiger partial charge is 0.385 e. The Morgan fingerprint density at radius 1 is 1.38 bits per heavy atom. The monoisotopic (exact) mass is 345 g/mol. The Hall–Kier alpha value is -0.110. The number of amides is 1. The zero-order valence-corrected chi connectivity index (χ0v) is 14.5. The molecule has 0 bridgehead atoms. The topological polar surface area (TPSA) is 76.8 Å². The molecule has 8 heteroatoms. The van der Waals surface area contributed by atoms with Crippen LogP contribution >= 0.6 is 24.8 Å². The number of nitrogens with one attached hydrogen (secondary N) is 1. The lowest BCUT2D eigenvalue weighted by atomic mass is 10.2. The zero-order chi connectivity index (χ0) is 14.1. The van der Waals surface area contributed by atoms with Gasteiger partial charge >= 0.3 is 0 Å². The molecule has 1 amide bonds. The molecule has 0 radical (unpaired) electrons. The maximum atomic E-state index is 11.8. The number of carbonyl (C=O) groups excluding carboxylic acids is 1. The minimum atomic E-state index is -0.313. The third-order valence-electron chi connectivity index (χ3n) is 3.34. The first-order valence-corrected chi connectivity index (χ1v) is 6.98. The van der Waals surface area contributed by atoms with E-state index in [2.05, 4.69) is 10.2 Å². The van der Waals surface area contributed by atoms with Gasteiger partial charge in [0.15, 0.2) is 0 Å². The average Bonchev–Trinajstić information content (AvgIpc) is 2.87. The molecule has 0 aromatic heterocycles. The fourth-order valence-electron chi connectivity index (χ4n) is 2.15. The molecule has 0 saturated carbocycles. The second-order valence-electron chi connectivity index (χ2n) is 5.00. The number of likely N-dealkylation sites (N-methyl/N-ethyl adjacent to an activating group) is 1. The van der Waals surface area contributed by atoms with E-state index in [1.165, 1.54) is 0 Å². The highest BCUT2D eigenvalue weighted by Gasteiger charge is 2.29. The molecule has 2 atom stereocenters. The Balaban J connectivity index is 0. The molecule has 0 aromatic rings. The summed E-state index contributed by atoms with van der Waals surface area (Å²) in [6.45, 7) is 3.72. The quantitative estimate of drug-likeness (QED) is 0.592. The van der Waals surface area contributed by atoms with Crippen molar-refractivity contribution < 1.29 is 14.3 Å². The second kappa shape index (κ2) is 13.5. The number of rotatable bonds is 9. The summed E-state index contributed by atoms with van der Waals surface area (Å²) in [6.07, 6.45) is 2.40. The lowest BCUT2D eigenvalue weighted by Crippen LogP contribution is -2.39. The van der Waals surface area contributed by atoms with E-state index in [4.69, 9.17) is 15.2 Å². The van der Waals surface area contributed by atoms with Crippen LogP contribution in [0.4, 0.5) is 0 Å². The van der Waals surface area contributed by atoms with Gasteiger partial charge in [-0.25, -0.2) is 0 Å². The van der Waals surface area contributed by atoms with E-state index in [1.807, 2.05) is 7.05 Å². The maximum Gasteiger partial charge on any atom is 0.249 e. The minimum Gasteiger partial charge on any atom is -0.385 e. The molecule has 1 saturated heterocycles. The van der Waals surface area contributed by atoms with Gasteiger partial charge in [0.25, 0.3) is 0 Å². The number of hydrogen-bond acceptors (Lipinski definition) is 5. The molecule has 6 nitrogen and oxygen atoms in total. The van der Waals surface area contributed by atoms with Gasteiger partial charge in [-0.2, -0.15) is 0 Å². The number of carbonyl (C=O) groups is 1. The first-order chi connectivity index (χ1) is 9.17. The molecule has 0 unspecified atom stereocenters. The van der Waals surface area contributed by atoms with Gasteiger partial charge < -0.3 is 25.4 Å². The van der Waals surface area contributed by atoms with Crippen molar-refractivity contribution in [3.05, 3.63) is 0 Å². The first kappa shape index (κ1) is 23.2.